The van der Waals surface area contributed by atoms with E-state index in [1.54, 1.807) is 0 Å². The topological polar surface area (TPSA) is 26.3 Å². The lowest BCUT2D eigenvalue weighted by molar-refractivity contribution is -0.139. The highest BCUT2D eigenvalue weighted by Crippen LogP contribution is 2.31. The minimum absolute atomic E-state index is 0.0459. The molecule has 0 bridgehead atoms. The van der Waals surface area contributed by atoms with Crippen LogP contribution in [0.2, 0.25) is 0 Å². The highest BCUT2D eigenvalue weighted by Gasteiger charge is 2.17. The zero-order valence-corrected chi connectivity index (χ0v) is 11.4. The van der Waals surface area contributed by atoms with Crippen LogP contribution in [0.3, 0.4) is 0 Å². The first kappa shape index (κ1) is 14.3. The molecule has 1 aliphatic rings. The maximum absolute atomic E-state index is 11.5. The first-order valence-electron chi connectivity index (χ1n) is 7.19. The van der Waals surface area contributed by atoms with Gasteiger partial charge >= 0.3 is 5.97 Å². The summed E-state index contributed by atoms with van der Waals surface area (Å²) in [4.78, 5) is 11.5. The van der Waals surface area contributed by atoms with Crippen LogP contribution in [-0.2, 0) is 9.53 Å². The van der Waals surface area contributed by atoms with Crippen LogP contribution in [0.25, 0.3) is 0 Å². The van der Waals surface area contributed by atoms with Crippen molar-refractivity contribution < 1.29 is 9.53 Å². The molecule has 1 rings (SSSR count). The summed E-state index contributed by atoms with van der Waals surface area (Å²) in [6, 6.07) is 0. The molecule has 0 aromatic rings. The second-order valence-corrected chi connectivity index (χ2v) is 4.92. The van der Waals surface area contributed by atoms with Crippen LogP contribution in [0.15, 0.2) is 11.3 Å². The number of carbonyl (C=O) groups excluding carboxylic acids is 1. The van der Waals surface area contributed by atoms with E-state index in [2.05, 4.69) is 6.92 Å². The van der Waals surface area contributed by atoms with Crippen molar-refractivity contribution in [2.75, 3.05) is 0 Å². The van der Waals surface area contributed by atoms with Crippen molar-refractivity contribution in [2.24, 2.45) is 0 Å². The van der Waals surface area contributed by atoms with Crippen molar-refractivity contribution in [1.29, 1.82) is 0 Å². The van der Waals surface area contributed by atoms with Gasteiger partial charge in [0.25, 0.3) is 0 Å². The predicted octanol–water partition coefficient (Wildman–Crippen LogP) is 4.74. The molecule has 0 unspecified atom stereocenters. The molecule has 0 aliphatic heterocycles. The lowest BCUT2D eigenvalue weighted by atomic mass is 10.1. The lowest BCUT2D eigenvalue weighted by Gasteiger charge is -2.08. The molecule has 0 aromatic carbocycles. The number of rotatable bonds is 8. The summed E-state index contributed by atoms with van der Waals surface area (Å²) in [7, 11) is 0. The summed E-state index contributed by atoms with van der Waals surface area (Å²) in [5.41, 5.74) is 1.41. The molecular weight excluding hydrogens is 212 g/mol. The maximum Gasteiger partial charge on any atom is 0.310 e. The molecule has 0 saturated carbocycles. The number of carbonyl (C=O) groups is 1. The van der Waals surface area contributed by atoms with Crippen LogP contribution < -0.4 is 0 Å². The largest absolute Gasteiger partial charge is 0.431 e. The second-order valence-electron chi connectivity index (χ2n) is 4.92. The average Bonchev–Trinajstić information content (AvgIpc) is 2.72. The molecular formula is C15H26O2. The Kier molecular flexibility index (Phi) is 6.99. The summed E-state index contributed by atoms with van der Waals surface area (Å²) in [5, 5.41) is 0. The van der Waals surface area contributed by atoms with Crippen LogP contribution in [0, 0.1) is 0 Å². The van der Waals surface area contributed by atoms with Crippen molar-refractivity contribution in [2.45, 2.75) is 78.1 Å². The summed E-state index contributed by atoms with van der Waals surface area (Å²) in [6.07, 6.45) is 11.0. The fraction of sp³-hybridized carbons (Fsp3) is 0.800. The molecule has 2 heteroatoms. The predicted molar refractivity (Wildman–Crippen MR) is 70.6 cm³/mol. The minimum Gasteiger partial charge on any atom is -0.431 e. The van der Waals surface area contributed by atoms with Crippen LogP contribution in [0.4, 0.5) is 0 Å². The Morgan fingerprint density at radius 2 is 1.94 bits per heavy atom. The summed E-state index contributed by atoms with van der Waals surface area (Å²) in [5.74, 6) is 0.954. The third kappa shape index (κ3) is 5.38. The highest BCUT2D eigenvalue weighted by molar-refractivity contribution is 5.70. The third-order valence-electron chi connectivity index (χ3n) is 3.30. The minimum atomic E-state index is -0.0459. The fourth-order valence-corrected chi connectivity index (χ4v) is 2.32. The summed E-state index contributed by atoms with van der Waals surface area (Å²) < 4.78 is 5.46. The molecule has 0 saturated heterocycles. The molecule has 0 atom stereocenters. The van der Waals surface area contributed by atoms with E-state index < -0.39 is 0 Å². The van der Waals surface area contributed by atoms with E-state index in [0.29, 0.717) is 6.42 Å². The van der Waals surface area contributed by atoms with Crippen molar-refractivity contribution in [1.82, 2.24) is 0 Å². The van der Waals surface area contributed by atoms with Gasteiger partial charge < -0.3 is 4.74 Å². The van der Waals surface area contributed by atoms with Crippen molar-refractivity contribution in [3.63, 3.8) is 0 Å². The monoisotopic (exact) mass is 238 g/mol. The third-order valence-corrected chi connectivity index (χ3v) is 3.30. The molecule has 1 aliphatic carbocycles. The Labute approximate surface area is 105 Å². The van der Waals surface area contributed by atoms with E-state index in [1.807, 2.05) is 6.92 Å². The number of esters is 1. The molecule has 0 N–H and O–H groups in total. The first-order chi connectivity index (χ1) is 8.27. The molecule has 0 amide bonds. The average molecular weight is 238 g/mol. The van der Waals surface area contributed by atoms with Crippen LogP contribution in [-0.4, -0.2) is 5.97 Å². The van der Waals surface area contributed by atoms with Gasteiger partial charge in [-0.3, -0.25) is 4.79 Å². The Balaban J connectivity index is 2.35. The number of allylic oxidation sites excluding steroid dienone is 2. The van der Waals surface area contributed by atoms with Gasteiger partial charge in [0.1, 0.15) is 5.76 Å². The lowest BCUT2D eigenvalue weighted by Crippen LogP contribution is -2.03. The first-order valence-corrected chi connectivity index (χ1v) is 7.19. The van der Waals surface area contributed by atoms with E-state index in [4.69, 9.17) is 4.74 Å². The van der Waals surface area contributed by atoms with Gasteiger partial charge in [0.15, 0.2) is 0 Å². The normalized spacial score (nSPS) is 15.4. The van der Waals surface area contributed by atoms with E-state index in [0.717, 1.165) is 37.9 Å². The van der Waals surface area contributed by atoms with Crippen LogP contribution in [0.5, 0.6) is 0 Å². The summed E-state index contributed by atoms with van der Waals surface area (Å²) >= 11 is 0. The summed E-state index contributed by atoms with van der Waals surface area (Å²) in [6.45, 7) is 4.24. The van der Waals surface area contributed by atoms with E-state index in [-0.39, 0.29) is 5.97 Å². The number of ether oxygens (including phenoxy) is 1. The SMILES string of the molecule is CCCCCCC1=C(OC(=O)CCC)CCC1. The molecule has 0 aromatic heterocycles. The standard InChI is InChI=1S/C15H26O2/c1-3-5-6-7-10-13-11-8-12-14(13)17-15(16)9-4-2/h3-12H2,1-2H3. The molecule has 0 spiro atoms. The van der Waals surface area contributed by atoms with Crippen molar-refractivity contribution >= 4 is 5.97 Å². The van der Waals surface area contributed by atoms with Crippen LogP contribution >= 0.6 is 0 Å². The zero-order valence-electron chi connectivity index (χ0n) is 11.4. The fourth-order valence-electron chi connectivity index (χ4n) is 2.32. The highest BCUT2D eigenvalue weighted by atomic mass is 16.5. The molecule has 17 heavy (non-hydrogen) atoms. The van der Waals surface area contributed by atoms with Gasteiger partial charge in [-0.15, -0.1) is 0 Å². The Hall–Kier alpha value is -0.790. The Bertz CT molecular complexity index is 266. The smallest absolute Gasteiger partial charge is 0.310 e. The van der Waals surface area contributed by atoms with Gasteiger partial charge in [-0.1, -0.05) is 33.1 Å². The van der Waals surface area contributed by atoms with Gasteiger partial charge in [-0.05, 0) is 37.7 Å². The maximum atomic E-state index is 11.5. The number of hydrogen-bond donors (Lipinski definition) is 0. The van der Waals surface area contributed by atoms with Crippen molar-refractivity contribution in [3.8, 4) is 0 Å². The molecule has 0 radical (unpaired) electrons. The van der Waals surface area contributed by atoms with E-state index in [9.17, 15) is 4.79 Å². The van der Waals surface area contributed by atoms with E-state index >= 15 is 0 Å². The van der Waals surface area contributed by atoms with Gasteiger partial charge in [0.2, 0.25) is 0 Å². The quantitative estimate of drug-likeness (QED) is 0.451. The van der Waals surface area contributed by atoms with Crippen molar-refractivity contribution in [3.05, 3.63) is 11.3 Å². The molecule has 0 heterocycles. The van der Waals surface area contributed by atoms with Gasteiger partial charge in [0.05, 0.1) is 0 Å². The Morgan fingerprint density at radius 3 is 2.65 bits per heavy atom. The van der Waals surface area contributed by atoms with E-state index in [1.165, 1.54) is 31.3 Å². The molecule has 0 fully saturated rings. The number of hydrogen-bond acceptors (Lipinski definition) is 2. The van der Waals surface area contributed by atoms with Gasteiger partial charge in [0, 0.05) is 12.8 Å². The van der Waals surface area contributed by atoms with Gasteiger partial charge in [-0.2, -0.15) is 0 Å². The Morgan fingerprint density at radius 1 is 1.12 bits per heavy atom. The van der Waals surface area contributed by atoms with Gasteiger partial charge in [-0.25, -0.2) is 0 Å². The second kappa shape index (κ2) is 8.32. The molecule has 98 valence electrons. The number of unbranched alkanes of at least 4 members (excludes halogenated alkanes) is 3. The molecule has 2 nitrogen and oxygen atoms in total. The van der Waals surface area contributed by atoms with Crippen LogP contribution in [0.1, 0.15) is 78.1 Å². The zero-order chi connectivity index (χ0) is 12.5.